The first-order chi connectivity index (χ1) is 18.9. The maximum atomic E-state index is 5.69. The van der Waals surface area contributed by atoms with E-state index in [2.05, 4.69) is 109 Å². The van der Waals surface area contributed by atoms with Crippen LogP contribution >= 0.6 is 0 Å². The van der Waals surface area contributed by atoms with Gasteiger partial charge in [0.1, 0.15) is 0 Å². The predicted molar refractivity (Wildman–Crippen MR) is 170 cm³/mol. The molecule has 4 rings (SSSR count). The lowest BCUT2D eigenvalue weighted by Gasteiger charge is -2.53. The number of ether oxygens (including phenoxy) is 1. The molecule has 3 saturated heterocycles. The minimum atomic E-state index is -0.291. The third-order valence-electron chi connectivity index (χ3n) is 9.92. The largest absolute Gasteiger partial charge is 0.378 e. The van der Waals surface area contributed by atoms with Crippen molar-refractivity contribution in [2.75, 3.05) is 50.2 Å². The van der Waals surface area contributed by atoms with E-state index in [1.807, 2.05) is 0 Å². The van der Waals surface area contributed by atoms with Gasteiger partial charge in [-0.1, -0.05) is 13.8 Å². The third kappa shape index (κ3) is 7.16. The van der Waals surface area contributed by atoms with Gasteiger partial charge in [-0.15, -0.1) is 0 Å². The fourth-order valence-corrected chi connectivity index (χ4v) is 8.44. The van der Waals surface area contributed by atoms with Crippen LogP contribution < -0.4 is 20.4 Å². The van der Waals surface area contributed by atoms with Gasteiger partial charge in [0.15, 0.2) is 5.82 Å². The Hall–Kier alpha value is -1.55. The van der Waals surface area contributed by atoms with Crippen LogP contribution in [-0.4, -0.2) is 94.5 Å². The molecule has 9 heteroatoms. The van der Waals surface area contributed by atoms with E-state index in [1.54, 1.807) is 0 Å². The molecule has 0 atom stereocenters. The van der Waals surface area contributed by atoms with E-state index < -0.39 is 0 Å². The second kappa shape index (κ2) is 11.5. The predicted octanol–water partition coefficient (Wildman–Crippen LogP) is 4.71. The average Bonchev–Trinajstić information content (AvgIpc) is 2.86. The van der Waals surface area contributed by atoms with E-state index in [0.29, 0.717) is 25.3 Å². The molecule has 0 saturated carbocycles. The number of hydrogen-bond acceptors (Lipinski definition) is 9. The fraction of sp³-hybridized carbons (Fsp3) is 0.906. The first-order valence-corrected chi connectivity index (χ1v) is 16.1. The van der Waals surface area contributed by atoms with Crippen LogP contribution in [0.2, 0.25) is 0 Å². The van der Waals surface area contributed by atoms with Crippen LogP contribution in [0, 0.1) is 0 Å². The van der Waals surface area contributed by atoms with Crippen LogP contribution in [0.25, 0.3) is 0 Å². The Morgan fingerprint density at radius 2 is 1.22 bits per heavy atom. The number of nitrogens with one attached hydrogen (secondary N) is 2. The normalized spacial score (nSPS) is 25.0. The number of piperidine rings is 2. The van der Waals surface area contributed by atoms with Crippen LogP contribution in [0.15, 0.2) is 0 Å². The van der Waals surface area contributed by atoms with Crippen molar-refractivity contribution in [1.29, 1.82) is 0 Å². The fourth-order valence-electron chi connectivity index (χ4n) is 8.44. The number of anilines is 2. The van der Waals surface area contributed by atoms with E-state index in [0.717, 1.165) is 69.3 Å². The molecule has 1 aromatic rings. The summed E-state index contributed by atoms with van der Waals surface area (Å²) in [5.41, 5.74) is -0.0949. The minimum absolute atomic E-state index is 0.0367. The van der Waals surface area contributed by atoms with Gasteiger partial charge in [0.05, 0.1) is 18.8 Å². The first-order valence-electron chi connectivity index (χ1n) is 16.1. The number of aromatic nitrogens is 3. The van der Waals surface area contributed by atoms with Crippen LogP contribution in [0.5, 0.6) is 0 Å². The maximum Gasteiger partial charge on any atom is 0.230 e. The Balaban J connectivity index is 1.78. The summed E-state index contributed by atoms with van der Waals surface area (Å²) in [5, 5.41) is 7.71. The zero-order valence-corrected chi connectivity index (χ0v) is 28.3. The van der Waals surface area contributed by atoms with Crippen LogP contribution in [0.1, 0.15) is 114 Å². The van der Waals surface area contributed by atoms with E-state index >= 15 is 0 Å². The van der Waals surface area contributed by atoms with Gasteiger partial charge < -0.3 is 25.2 Å². The summed E-state index contributed by atoms with van der Waals surface area (Å²) >= 11 is 0. The highest BCUT2D eigenvalue weighted by molar-refractivity contribution is 5.41. The Morgan fingerprint density at radius 1 is 0.756 bits per heavy atom. The van der Waals surface area contributed by atoms with Gasteiger partial charge in [0.25, 0.3) is 0 Å². The summed E-state index contributed by atoms with van der Waals surface area (Å²) < 4.78 is 5.69. The van der Waals surface area contributed by atoms with Gasteiger partial charge in [-0.25, -0.2) is 0 Å². The zero-order chi connectivity index (χ0) is 30.4. The van der Waals surface area contributed by atoms with Crippen molar-refractivity contribution in [3.05, 3.63) is 5.82 Å². The smallest absolute Gasteiger partial charge is 0.230 e. The lowest BCUT2D eigenvalue weighted by Crippen LogP contribution is -2.64. The highest BCUT2D eigenvalue weighted by Crippen LogP contribution is 2.41. The average molecular weight is 573 g/mol. The van der Waals surface area contributed by atoms with Gasteiger partial charge in [-0.3, -0.25) is 4.90 Å². The highest BCUT2D eigenvalue weighted by Gasteiger charge is 2.47. The molecule has 2 N–H and O–H groups in total. The van der Waals surface area contributed by atoms with Crippen molar-refractivity contribution in [2.24, 2.45) is 0 Å². The molecule has 9 nitrogen and oxygen atoms in total. The molecule has 0 bridgehead atoms. The van der Waals surface area contributed by atoms with E-state index in [-0.39, 0.29) is 27.7 Å². The summed E-state index contributed by atoms with van der Waals surface area (Å²) in [6.07, 6.45) is 6.12. The Labute approximate surface area is 250 Å². The molecule has 3 aliphatic rings. The molecule has 3 aliphatic heterocycles. The maximum absolute atomic E-state index is 5.69. The summed E-state index contributed by atoms with van der Waals surface area (Å²) in [6.45, 7) is 26.2. The Kier molecular flexibility index (Phi) is 9.09. The van der Waals surface area contributed by atoms with E-state index in [1.165, 1.54) is 0 Å². The quantitative estimate of drug-likeness (QED) is 0.460. The summed E-state index contributed by atoms with van der Waals surface area (Å²) in [5.74, 6) is 2.49. The summed E-state index contributed by atoms with van der Waals surface area (Å²) in [6, 6.07) is 0.743. The van der Waals surface area contributed by atoms with Crippen molar-refractivity contribution in [3.63, 3.8) is 0 Å². The lowest BCUT2D eigenvalue weighted by atomic mass is 9.76. The van der Waals surface area contributed by atoms with Crippen molar-refractivity contribution in [3.8, 4) is 0 Å². The summed E-state index contributed by atoms with van der Waals surface area (Å²) in [7, 11) is 4.50. The standard InChI is InChI=1S/C32H60N8O/c1-13-32(14-2,39(12)24-21-30(7,8)37-31(9,10)22-24)25-33-26(35-27(34-25)40-15-17-41-18-16-40)38(11)23-19-28(3,4)36-29(5,6)20-23/h23-24,36-37H,13-22H2,1-12H3. The molecule has 1 aromatic heterocycles. The third-order valence-corrected chi connectivity index (χ3v) is 9.92. The monoisotopic (exact) mass is 572 g/mol. The van der Waals surface area contributed by atoms with Gasteiger partial charge in [0, 0.05) is 54.4 Å². The lowest BCUT2D eigenvalue weighted by molar-refractivity contribution is -0.00348. The second-order valence-corrected chi connectivity index (χ2v) is 15.7. The highest BCUT2D eigenvalue weighted by atomic mass is 16.5. The molecule has 4 heterocycles. The number of morpholine rings is 1. The molecule has 0 aromatic carbocycles. The van der Waals surface area contributed by atoms with Crippen molar-refractivity contribution < 1.29 is 4.74 Å². The first kappa shape index (κ1) is 32.4. The van der Waals surface area contributed by atoms with Crippen molar-refractivity contribution in [1.82, 2.24) is 30.5 Å². The minimum Gasteiger partial charge on any atom is -0.378 e. The molecule has 41 heavy (non-hydrogen) atoms. The van der Waals surface area contributed by atoms with Gasteiger partial charge in [-0.2, -0.15) is 15.0 Å². The SMILES string of the molecule is CCC(CC)(c1nc(N2CCOCC2)nc(N(C)C2CC(C)(C)NC(C)(C)C2)n1)N(C)C1CC(C)(C)NC(C)(C)C1. The second-order valence-electron chi connectivity index (χ2n) is 15.7. The Bertz CT molecular complexity index is 1010. The molecule has 234 valence electrons. The number of nitrogens with zero attached hydrogens (tertiary/aromatic N) is 6. The van der Waals surface area contributed by atoms with E-state index in [4.69, 9.17) is 19.7 Å². The molecule has 0 amide bonds. The van der Waals surface area contributed by atoms with Crippen LogP contribution in [0.3, 0.4) is 0 Å². The molecule has 0 aliphatic carbocycles. The van der Waals surface area contributed by atoms with Crippen LogP contribution in [0.4, 0.5) is 11.9 Å². The van der Waals surface area contributed by atoms with E-state index in [9.17, 15) is 0 Å². The topological polar surface area (TPSA) is 81.7 Å². The molecule has 0 unspecified atom stereocenters. The molecule has 0 radical (unpaired) electrons. The van der Waals surface area contributed by atoms with Crippen molar-refractivity contribution >= 4 is 11.9 Å². The Morgan fingerprint density at radius 3 is 1.68 bits per heavy atom. The van der Waals surface area contributed by atoms with Gasteiger partial charge in [0.2, 0.25) is 11.9 Å². The molecular formula is C32H60N8O. The van der Waals surface area contributed by atoms with Crippen LogP contribution in [-0.2, 0) is 10.3 Å². The molecular weight excluding hydrogens is 512 g/mol. The van der Waals surface area contributed by atoms with Crippen molar-refractivity contribution in [2.45, 2.75) is 148 Å². The van der Waals surface area contributed by atoms with Gasteiger partial charge >= 0.3 is 0 Å². The molecule has 0 spiro atoms. The number of rotatable bonds is 8. The zero-order valence-electron chi connectivity index (χ0n) is 28.3. The summed E-state index contributed by atoms with van der Waals surface area (Å²) in [4.78, 5) is 23.1. The van der Waals surface area contributed by atoms with Gasteiger partial charge in [-0.05, 0) is 101 Å². The molecule has 3 fully saturated rings. The number of hydrogen-bond donors (Lipinski definition) is 2.